The second-order valence-corrected chi connectivity index (χ2v) is 4.80. The maximum Gasteiger partial charge on any atom is 0.180 e. The average molecular weight is 252 g/mol. The van der Waals surface area contributed by atoms with E-state index in [0.717, 1.165) is 18.8 Å². The molecule has 3 nitrogen and oxygen atoms in total. The minimum absolute atomic E-state index is 0.0938. The van der Waals surface area contributed by atoms with E-state index >= 15 is 0 Å². The number of nitrogens with zero attached hydrogens (tertiary/aromatic N) is 2. The average Bonchev–Trinajstić information content (AvgIpc) is 2.90. The van der Waals surface area contributed by atoms with Crippen molar-refractivity contribution in [2.45, 2.75) is 26.4 Å². The molecule has 0 saturated heterocycles. The van der Waals surface area contributed by atoms with E-state index in [1.54, 1.807) is 6.20 Å². The van der Waals surface area contributed by atoms with Crippen molar-refractivity contribution >= 4 is 11.5 Å². The third-order valence-electron chi connectivity index (χ3n) is 3.56. The van der Waals surface area contributed by atoms with E-state index in [4.69, 9.17) is 0 Å². The molecule has 0 spiro atoms. The molecule has 3 rings (SSSR count). The first-order valence-electron chi connectivity index (χ1n) is 6.59. The molecule has 0 bridgehead atoms. The molecule has 0 saturated carbocycles. The van der Waals surface area contributed by atoms with Gasteiger partial charge in [0.1, 0.15) is 5.69 Å². The summed E-state index contributed by atoms with van der Waals surface area (Å²) in [6, 6.07) is 12.3. The Balaban J connectivity index is 1.80. The van der Waals surface area contributed by atoms with Crippen LogP contribution in [0, 0.1) is 0 Å². The van der Waals surface area contributed by atoms with Gasteiger partial charge in [0.25, 0.3) is 0 Å². The summed E-state index contributed by atoms with van der Waals surface area (Å²) < 4.78 is 0. The number of fused-ring (bicyclic) bond motifs is 1. The Labute approximate surface area is 112 Å². The normalized spacial score (nSPS) is 13.4. The molecule has 0 amide bonds. The molecule has 0 unspecified atom stereocenters. The zero-order chi connectivity index (χ0) is 13.2. The third kappa shape index (κ3) is 2.24. The smallest absolute Gasteiger partial charge is 0.180 e. The molecule has 1 aromatic heterocycles. The van der Waals surface area contributed by atoms with Gasteiger partial charge in [0.15, 0.2) is 5.78 Å². The number of hydrogen-bond donors (Lipinski definition) is 0. The molecule has 19 heavy (non-hydrogen) atoms. The number of carbonyl (C=O) groups excluding carboxylic acids is 1. The summed E-state index contributed by atoms with van der Waals surface area (Å²) in [5.74, 6) is 0.0938. The number of carbonyl (C=O) groups is 1. The number of anilines is 1. The lowest BCUT2D eigenvalue weighted by molar-refractivity contribution is 0.0983. The Morgan fingerprint density at radius 2 is 1.84 bits per heavy atom. The molecule has 1 aromatic carbocycles. The molecular weight excluding hydrogens is 236 g/mol. The molecule has 0 atom stereocenters. The first kappa shape index (κ1) is 11.9. The van der Waals surface area contributed by atoms with Gasteiger partial charge in [0.05, 0.1) is 11.9 Å². The van der Waals surface area contributed by atoms with Crippen molar-refractivity contribution in [1.29, 1.82) is 0 Å². The predicted molar refractivity (Wildman–Crippen MR) is 75.2 cm³/mol. The number of aromatic nitrogens is 1. The van der Waals surface area contributed by atoms with Crippen molar-refractivity contribution in [2.75, 3.05) is 4.90 Å². The number of rotatable bonds is 3. The van der Waals surface area contributed by atoms with E-state index in [1.165, 1.54) is 11.1 Å². The topological polar surface area (TPSA) is 33.2 Å². The van der Waals surface area contributed by atoms with Crippen LogP contribution in [0.2, 0.25) is 0 Å². The number of Topliss-reactive ketones (excluding diaryl/α,β-unsaturated/α-hetero) is 1. The van der Waals surface area contributed by atoms with Crippen molar-refractivity contribution in [1.82, 2.24) is 4.98 Å². The van der Waals surface area contributed by atoms with Crippen molar-refractivity contribution in [3.05, 3.63) is 59.4 Å². The Morgan fingerprint density at radius 1 is 1.16 bits per heavy atom. The Bertz CT molecular complexity index is 579. The van der Waals surface area contributed by atoms with Gasteiger partial charge >= 0.3 is 0 Å². The highest BCUT2D eigenvalue weighted by molar-refractivity contribution is 5.94. The number of ketones is 1. The second-order valence-electron chi connectivity index (χ2n) is 4.80. The lowest BCUT2D eigenvalue weighted by Crippen LogP contribution is -2.15. The van der Waals surface area contributed by atoms with E-state index < -0.39 is 0 Å². The van der Waals surface area contributed by atoms with Gasteiger partial charge < -0.3 is 4.90 Å². The standard InChI is InChI=1S/C16H16N2O/c1-2-16(19)15-8-7-14(9-17-15)18-10-12-5-3-4-6-13(12)11-18/h3-9H,2,10-11H2,1H3. The molecule has 0 radical (unpaired) electrons. The zero-order valence-electron chi connectivity index (χ0n) is 11.0. The molecule has 0 aliphatic carbocycles. The maximum absolute atomic E-state index is 11.5. The first-order valence-corrected chi connectivity index (χ1v) is 6.59. The summed E-state index contributed by atoms with van der Waals surface area (Å²) >= 11 is 0. The molecular formula is C16H16N2O. The van der Waals surface area contributed by atoms with Crippen LogP contribution >= 0.6 is 0 Å². The van der Waals surface area contributed by atoms with Crippen LogP contribution < -0.4 is 4.90 Å². The van der Waals surface area contributed by atoms with Gasteiger partial charge in [-0.3, -0.25) is 9.78 Å². The van der Waals surface area contributed by atoms with E-state index in [1.807, 2.05) is 19.1 Å². The van der Waals surface area contributed by atoms with Crippen LogP contribution in [0.15, 0.2) is 42.6 Å². The SMILES string of the molecule is CCC(=O)c1ccc(N2Cc3ccccc3C2)cn1. The summed E-state index contributed by atoms with van der Waals surface area (Å²) in [7, 11) is 0. The fourth-order valence-corrected chi connectivity index (χ4v) is 2.43. The molecule has 0 fully saturated rings. The number of pyridine rings is 1. The van der Waals surface area contributed by atoms with Crippen molar-refractivity contribution < 1.29 is 4.79 Å². The van der Waals surface area contributed by atoms with Crippen molar-refractivity contribution in [2.24, 2.45) is 0 Å². The fourth-order valence-electron chi connectivity index (χ4n) is 2.43. The van der Waals surface area contributed by atoms with Crippen LogP contribution in [-0.2, 0) is 13.1 Å². The largest absolute Gasteiger partial charge is 0.362 e. The molecule has 2 aromatic rings. The van der Waals surface area contributed by atoms with E-state index in [9.17, 15) is 4.79 Å². The predicted octanol–water partition coefficient (Wildman–Crippen LogP) is 3.19. The lowest BCUT2D eigenvalue weighted by Gasteiger charge is -2.17. The molecule has 3 heteroatoms. The maximum atomic E-state index is 11.5. The number of hydrogen-bond acceptors (Lipinski definition) is 3. The van der Waals surface area contributed by atoms with Gasteiger partial charge in [-0.2, -0.15) is 0 Å². The van der Waals surface area contributed by atoms with Gasteiger partial charge in [0.2, 0.25) is 0 Å². The monoisotopic (exact) mass is 252 g/mol. The summed E-state index contributed by atoms with van der Waals surface area (Å²) in [4.78, 5) is 18.1. The Kier molecular flexibility index (Phi) is 3.03. The van der Waals surface area contributed by atoms with Gasteiger partial charge in [-0.1, -0.05) is 31.2 Å². The van der Waals surface area contributed by atoms with E-state index in [-0.39, 0.29) is 5.78 Å². The zero-order valence-corrected chi connectivity index (χ0v) is 11.0. The summed E-state index contributed by atoms with van der Waals surface area (Å²) in [5, 5.41) is 0. The Morgan fingerprint density at radius 3 is 2.37 bits per heavy atom. The lowest BCUT2D eigenvalue weighted by atomic mass is 10.1. The molecule has 2 heterocycles. The Hall–Kier alpha value is -2.16. The second kappa shape index (κ2) is 4.84. The molecule has 1 aliphatic rings. The van der Waals surface area contributed by atoms with Crippen LogP contribution in [0.1, 0.15) is 35.0 Å². The van der Waals surface area contributed by atoms with Crippen LogP contribution in [-0.4, -0.2) is 10.8 Å². The third-order valence-corrected chi connectivity index (χ3v) is 3.56. The molecule has 96 valence electrons. The van der Waals surface area contributed by atoms with Gasteiger partial charge in [-0.15, -0.1) is 0 Å². The summed E-state index contributed by atoms with van der Waals surface area (Å²) in [6.45, 7) is 3.69. The van der Waals surface area contributed by atoms with Crippen molar-refractivity contribution in [3.63, 3.8) is 0 Å². The number of benzene rings is 1. The molecule has 1 aliphatic heterocycles. The van der Waals surface area contributed by atoms with Crippen LogP contribution in [0.4, 0.5) is 5.69 Å². The van der Waals surface area contributed by atoms with E-state index in [0.29, 0.717) is 12.1 Å². The van der Waals surface area contributed by atoms with Crippen LogP contribution in [0.25, 0.3) is 0 Å². The highest BCUT2D eigenvalue weighted by atomic mass is 16.1. The minimum atomic E-state index is 0.0938. The van der Waals surface area contributed by atoms with Crippen LogP contribution in [0.5, 0.6) is 0 Å². The highest BCUT2D eigenvalue weighted by Crippen LogP contribution is 2.27. The highest BCUT2D eigenvalue weighted by Gasteiger charge is 2.18. The first-order chi connectivity index (χ1) is 9.28. The minimum Gasteiger partial charge on any atom is -0.362 e. The molecule has 0 N–H and O–H groups in total. The van der Waals surface area contributed by atoms with Gasteiger partial charge in [-0.25, -0.2) is 0 Å². The van der Waals surface area contributed by atoms with Crippen molar-refractivity contribution in [3.8, 4) is 0 Å². The summed E-state index contributed by atoms with van der Waals surface area (Å²) in [6.07, 6.45) is 2.30. The van der Waals surface area contributed by atoms with Gasteiger partial charge in [0, 0.05) is 19.5 Å². The quantitative estimate of drug-likeness (QED) is 0.786. The summed E-state index contributed by atoms with van der Waals surface area (Å²) in [5.41, 5.74) is 4.37. The van der Waals surface area contributed by atoms with Crippen LogP contribution in [0.3, 0.4) is 0 Å². The van der Waals surface area contributed by atoms with Gasteiger partial charge in [-0.05, 0) is 23.3 Å². The van der Waals surface area contributed by atoms with E-state index in [2.05, 4.69) is 34.1 Å². The fraction of sp³-hybridized carbons (Fsp3) is 0.250.